The second kappa shape index (κ2) is 5.50. The van der Waals surface area contributed by atoms with E-state index < -0.39 is 10.0 Å². The van der Waals surface area contributed by atoms with Gasteiger partial charge in [-0.05, 0) is 24.7 Å². The SMILES string of the molecule is CC1CCCC(CNS(=O)(=O)c2c(N)ncn2C)C1. The molecule has 0 amide bonds. The van der Waals surface area contributed by atoms with Crippen LogP contribution in [0, 0.1) is 11.8 Å². The topological polar surface area (TPSA) is 90.0 Å². The Morgan fingerprint density at radius 1 is 1.53 bits per heavy atom. The van der Waals surface area contributed by atoms with Gasteiger partial charge in [-0.15, -0.1) is 0 Å². The predicted molar refractivity (Wildman–Crippen MR) is 73.9 cm³/mol. The predicted octanol–water partition coefficient (Wildman–Crippen LogP) is 1.11. The third-order valence-electron chi connectivity index (χ3n) is 3.77. The van der Waals surface area contributed by atoms with E-state index in [-0.39, 0.29) is 10.8 Å². The van der Waals surface area contributed by atoms with Crippen molar-refractivity contribution >= 4 is 15.8 Å². The molecule has 0 radical (unpaired) electrons. The number of nitrogen functional groups attached to an aromatic ring is 1. The molecule has 3 N–H and O–H groups in total. The number of imidazole rings is 1. The van der Waals surface area contributed by atoms with Gasteiger partial charge in [-0.3, -0.25) is 0 Å². The molecule has 7 heteroatoms. The Balaban J connectivity index is 2.02. The minimum atomic E-state index is -3.57. The zero-order chi connectivity index (χ0) is 14.0. The zero-order valence-electron chi connectivity index (χ0n) is 11.5. The maximum absolute atomic E-state index is 12.2. The Morgan fingerprint density at radius 3 is 2.84 bits per heavy atom. The zero-order valence-corrected chi connectivity index (χ0v) is 12.3. The highest BCUT2D eigenvalue weighted by Crippen LogP contribution is 2.28. The van der Waals surface area contributed by atoms with Crippen LogP contribution in [0.2, 0.25) is 0 Å². The lowest BCUT2D eigenvalue weighted by Crippen LogP contribution is -2.32. The molecule has 0 aromatic carbocycles. The van der Waals surface area contributed by atoms with Gasteiger partial charge in [0.15, 0.2) is 10.8 Å². The van der Waals surface area contributed by atoms with Gasteiger partial charge >= 0.3 is 0 Å². The second-order valence-electron chi connectivity index (χ2n) is 5.54. The van der Waals surface area contributed by atoms with Crippen molar-refractivity contribution in [2.24, 2.45) is 18.9 Å². The molecule has 2 atom stereocenters. The summed E-state index contributed by atoms with van der Waals surface area (Å²) in [6.45, 7) is 2.71. The molecule has 1 heterocycles. The first-order valence-corrected chi connectivity index (χ1v) is 8.15. The van der Waals surface area contributed by atoms with Crippen molar-refractivity contribution in [1.29, 1.82) is 0 Å². The average Bonchev–Trinajstić information content (AvgIpc) is 2.67. The quantitative estimate of drug-likeness (QED) is 0.867. The van der Waals surface area contributed by atoms with Crippen molar-refractivity contribution < 1.29 is 8.42 Å². The number of nitrogens with zero attached hydrogens (tertiary/aromatic N) is 2. The second-order valence-corrected chi connectivity index (χ2v) is 7.22. The maximum atomic E-state index is 12.2. The molecule has 0 saturated heterocycles. The van der Waals surface area contributed by atoms with Crippen molar-refractivity contribution in [1.82, 2.24) is 14.3 Å². The van der Waals surface area contributed by atoms with Crippen molar-refractivity contribution in [3.05, 3.63) is 6.33 Å². The van der Waals surface area contributed by atoms with E-state index in [2.05, 4.69) is 16.6 Å². The molecule has 19 heavy (non-hydrogen) atoms. The Hall–Kier alpha value is -1.08. The van der Waals surface area contributed by atoms with Crippen LogP contribution < -0.4 is 10.5 Å². The van der Waals surface area contributed by atoms with Crippen molar-refractivity contribution in [2.45, 2.75) is 37.6 Å². The third kappa shape index (κ3) is 3.27. The fraction of sp³-hybridized carbons (Fsp3) is 0.750. The van der Waals surface area contributed by atoms with E-state index in [9.17, 15) is 8.42 Å². The maximum Gasteiger partial charge on any atom is 0.260 e. The number of rotatable bonds is 4. The first kappa shape index (κ1) is 14.3. The fourth-order valence-electron chi connectivity index (χ4n) is 2.81. The van der Waals surface area contributed by atoms with E-state index in [0.717, 1.165) is 12.8 Å². The van der Waals surface area contributed by atoms with Gasteiger partial charge in [-0.2, -0.15) is 0 Å². The van der Waals surface area contributed by atoms with Crippen LogP contribution in [0.3, 0.4) is 0 Å². The smallest absolute Gasteiger partial charge is 0.260 e. The molecule has 2 unspecified atom stereocenters. The number of nitrogens with two attached hydrogens (primary N) is 1. The van der Waals surface area contributed by atoms with Gasteiger partial charge in [0.05, 0.1) is 6.33 Å². The number of nitrogens with one attached hydrogen (secondary N) is 1. The lowest BCUT2D eigenvalue weighted by molar-refractivity contribution is 0.283. The summed E-state index contributed by atoms with van der Waals surface area (Å²) in [6, 6.07) is 0. The van der Waals surface area contributed by atoms with Gasteiger partial charge in [0, 0.05) is 13.6 Å². The Bertz CT molecular complexity index is 518. The molecule has 1 fully saturated rings. The van der Waals surface area contributed by atoms with E-state index >= 15 is 0 Å². The highest BCUT2D eigenvalue weighted by atomic mass is 32.2. The van der Waals surface area contributed by atoms with Crippen LogP contribution in [0.1, 0.15) is 32.6 Å². The van der Waals surface area contributed by atoms with Crippen LogP contribution in [0.15, 0.2) is 11.4 Å². The molecule has 1 saturated carbocycles. The molecule has 108 valence electrons. The van der Waals surface area contributed by atoms with Gasteiger partial charge in [-0.25, -0.2) is 18.1 Å². The van der Waals surface area contributed by atoms with Gasteiger partial charge in [0.2, 0.25) is 0 Å². The largest absolute Gasteiger partial charge is 0.381 e. The summed E-state index contributed by atoms with van der Waals surface area (Å²) < 4.78 is 28.5. The first-order valence-electron chi connectivity index (χ1n) is 6.66. The standard InChI is InChI=1S/C12H22N4O2S/c1-9-4-3-5-10(6-9)7-15-19(17,18)12-11(13)14-8-16(12)2/h8-10,15H,3-7,13H2,1-2H3. The van der Waals surface area contributed by atoms with Crippen molar-refractivity contribution in [2.75, 3.05) is 12.3 Å². The number of aromatic nitrogens is 2. The average molecular weight is 286 g/mol. The van der Waals surface area contributed by atoms with E-state index in [0.29, 0.717) is 18.4 Å². The molecule has 1 aromatic rings. The van der Waals surface area contributed by atoms with Gasteiger partial charge in [0.1, 0.15) is 0 Å². The third-order valence-corrected chi connectivity index (χ3v) is 5.32. The first-order chi connectivity index (χ1) is 8.90. The van der Waals surface area contributed by atoms with Crippen LogP contribution >= 0.6 is 0 Å². The summed E-state index contributed by atoms with van der Waals surface area (Å²) in [4.78, 5) is 3.81. The Labute approximate surface area is 114 Å². The van der Waals surface area contributed by atoms with E-state index in [4.69, 9.17) is 5.73 Å². The molecule has 2 rings (SSSR count). The monoisotopic (exact) mass is 286 g/mol. The summed E-state index contributed by atoms with van der Waals surface area (Å²) in [5.41, 5.74) is 5.61. The minimum Gasteiger partial charge on any atom is -0.381 e. The molecule has 1 aliphatic carbocycles. The molecule has 1 aliphatic rings. The van der Waals surface area contributed by atoms with E-state index in [1.165, 1.54) is 23.7 Å². The van der Waals surface area contributed by atoms with E-state index in [1.807, 2.05) is 0 Å². The molecular weight excluding hydrogens is 264 g/mol. The molecule has 0 aliphatic heterocycles. The summed E-state index contributed by atoms with van der Waals surface area (Å²) >= 11 is 0. The van der Waals surface area contributed by atoms with Gasteiger partial charge < -0.3 is 10.3 Å². The van der Waals surface area contributed by atoms with Crippen LogP contribution in [0.4, 0.5) is 5.82 Å². The summed E-state index contributed by atoms with van der Waals surface area (Å²) in [6.07, 6.45) is 6.02. The van der Waals surface area contributed by atoms with Crippen molar-refractivity contribution in [3.63, 3.8) is 0 Å². The molecular formula is C12H22N4O2S. The van der Waals surface area contributed by atoms with Gasteiger partial charge in [0.25, 0.3) is 10.0 Å². The minimum absolute atomic E-state index is 0.0482. The molecule has 6 nitrogen and oxygen atoms in total. The van der Waals surface area contributed by atoms with Crippen LogP contribution in [-0.2, 0) is 17.1 Å². The van der Waals surface area contributed by atoms with Crippen LogP contribution in [0.25, 0.3) is 0 Å². The van der Waals surface area contributed by atoms with Crippen molar-refractivity contribution in [3.8, 4) is 0 Å². The number of aryl methyl sites for hydroxylation is 1. The molecule has 0 spiro atoms. The number of sulfonamides is 1. The van der Waals surface area contributed by atoms with E-state index in [1.54, 1.807) is 7.05 Å². The Morgan fingerprint density at radius 2 is 2.26 bits per heavy atom. The van der Waals surface area contributed by atoms with Crippen LogP contribution in [0.5, 0.6) is 0 Å². The number of hydrogen-bond acceptors (Lipinski definition) is 4. The van der Waals surface area contributed by atoms with Crippen LogP contribution in [-0.4, -0.2) is 24.5 Å². The highest BCUT2D eigenvalue weighted by molar-refractivity contribution is 7.89. The lowest BCUT2D eigenvalue weighted by atomic mass is 9.83. The summed E-state index contributed by atoms with van der Waals surface area (Å²) in [7, 11) is -1.94. The highest BCUT2D eigenvalue weighted by Gasteiger charge is 2.25. The normalized spacial score (nSPS) is 24.5. The Kier molecular flexibility index (Phi) is 4.15. The van der Waals surface area contributed by atoms with Gasteiger partial charge in [-0.1, -0.05) is 19.8 Å². The fourth-order valence-corrected chi connectivity index (χ4v) is 4.15. The summed E-state index contributed by atoms with van der Waals surface area (Å²) in [5, 5.41) is 0.0522. The summed E-state index contributed by atoms with van der Waals surface area (Å²) in [5.74, 6) is 1.16. The number of anilines is 1. The lowest BCUT2D eigenvalue weighted by Gasteiger charge is -2.26. The molecule has 1 aromatic heterocycles. The number of hydrogen-bond donors (Lipinski definition) is 2. The molecule has 0 bridgehead atoms.